The van der Waals surface area contributed by atoms with E-state index < -0.39 is 0 Å². The van der Waals surface area contributed by atoms with Crippen molar-refractivity contribution in [3.63, 3.8) is 0 Å². The van der Waals surface area contributed by atoms with E-state index in [1.54, 1.807) is 4.57 Å². The molecule has 28 heavy (non-hydrogen) atoms. The third-order valence-corrected chi connectivity index (χ3v) is 5.19. The molecule has 8 heteroatoms. The lowest BCUT2D eigenvalue weighted by atomic mass is 10.1. The molecule has 0 radical (unpaired) electrons. The van der Waals surface area contributed by atoms with E-state index in [1.165, 1.54) is 17.3 Å². The van der Waals surface area contributed by atoms with Crippen LogP contribution in [0.15, 0.2) is 75.1 Å². The van der Waals surface area contributed by atoms with Crippen LogP contribution in [0.5, 0.6) is 0 Å². The maximum absolute atomic E-state index is 12.1. The van der Waals surface area contributed by atoms with Gasteiger partial charge >= 0.3 is 5.69 Å². The maximum Gasteiger partial charge on any atom is 0.343 e. The monoisotopic (exact) mass is 393 g/mol. The number of benzene rings is 2. The van der Waals surface area contributed by atoms with Gasteiger partial charge in [-0.15, -0.1) is 5.10 Å². The molecule has 2 heterocycles. The van der Waals surface area contributed by atoms with Crippen LogP contribution in [-0.4, -0.2) is 24.9 Å². The highest BCUT2D eigenvalue weighted by atomic mass is 32.2. The predicted molar refractivity (Wildman–Crippen MR) is 106 cm³/mol. The van der Waals surface area contributed by atoms with Gasteiger partial charge in [-0.25, -0.2) is 9.89 Å². The third-order valence-electron chi connectivity index (χ3n) is 4.23. The molecule has 4 aromatic rings. The van der Waals surface area contributed by atoms with Gasteiger partial charge in [0.05, 0.1) is 5.75 Å². The number of H-pyrrole nitrogens is 1. The van der Waals surface area contributed by atoms with E-state index in [4.69, 9.17) is 4.52 Å². The molecule has 0 aliphatic rings. The topological polar surface area (TPSA) is 89.6 Å². The third kappa shape index (κ3) is 4.58. The van der Waals surface area contributed by atoms with Gasteiger partial charge in [-0.3, -0.25) is 4.57 Å². The zero-order valence-corrected chi connectivity index (χ0v) is 15.9. The Balaban J connectivity index is 1.37. The van der Waals surface area contributed by atoms with Crippen molar-refractivity contribution in [2.45, 2.75) is 30.3 Å². The number of nitrogens with one attached hydrogen (secondary N) is 1. The summed E-state index contributed by atoms with van der Waals surface area (Å²) in [6.45, 7) is 0.560. The summed E-state index contributed by atoms with van der Waals surface area (Å²) in [7, 11) is 0. The molecule has 4 rings (SSSR count). The molecule has 0 atom stereocenters. The normalized spacial score (nSPS) is 11.0. The van der Waals surface area contributed by atoms with E-state index in [0.29, 0.717) is 35.6 Å². The van der Waals surface area contributed by atoms with E-state index in [9.17, 15) is 4.79 Å². The fourth-order valence-electron chi connectivity index (χ4n) is 2.82. The minimum atomic E-state index is -0.214. The Morgan fingerprint density at radius 1 is 1.00 bits per heavy atom. The highest BCUT2D eigenvalue weighted by molar-refractivity contribution is 7.98. The first-order valence-electron chi connectivity index (χ1n) is 8.95. The van der Waals surface area contributed by atoms with E-state index in [-0.39, 0.29) is 5.69 Å². The van der Waals surface area contributed by atoms with Crippen LogP contribution in [0.25, 0.3) is 0 Å². The fourth-order valence-corrected chi connectivity index (χ4v) is 3.63. The summed E-state index contributed by atoms with van der Waals surface area (Å²) < 4.78 is 6.97. The van der Waals surface area contributed by atoms with Crippen LogP contribution < -0.4 is 5.69 Å². The fraction of sp³-hybridized carbons (Fsp3) is 0.200. The first-order chi connectivity index (χ1) is 13.8. The molecule has 142 valence electrons. The van der Waals surface area contributed by atoms with Crippen molar-refractivity contribution in [3.8, 4) is 0 Å². The van der Waals surface area contributed by atoms with Gasteiger partial charge < -0.3 is 4.52 Å². The molecular formula is C20H19N5O2S. The number of aromatic nitrogens is 5. The average Bonchev–Trinajstić information content (AvgIpc) is 3.32. The molecule has 7 nitrogen and oxygen atoms in total. The Kier molecular flexibility index (Phi) is 5.67. The van der Waals surface area contributed by atoms with E-state index >= 15 is 0 Å². The van der Waals surface area contributed by atoms with Gasteiger partial charge in [-0.2, -0.15) is 4.98 Å². The van der Waals surface area contributed by atoms with Crippen molar-refractivity contribution in [1.29, 1.82) is 0 Å². The van der Waals surface area contributed by atoms with Crippen LogP contribution in [0.3, 0.4) is 0 Å². The number of hydrogen-bond donors (Lipinski definition) is 1. The molecule has 0 amide bonds. The SMILES string of the molecule is O=c1[nH]nc(SCc2nc(Cc3ccccc3)no2)n1CCc1ccccc1. The second-order valence-corrected chi connectivity index (χ2v) is 7.20. The Labute approximate surface area is 165 Å². The first-order valence-corrected chi connectivity index (χ1v) is 9.94. The number of rotatable bonds is 8. The van der Waals surface area contributed by atoms with Crippen LogP contribution in [0, 0.1) is 0 Å². The lowest BCUT2D eigenvalue weighted by molar-refractivity contribution is 0.385. The molecule has 1 N–H and O–H groups in total. The minimum absolute atomic E-state index is 0.214. The molecule has 0 fully saturated rings. The number of aryl methyl sites for hydroxylation is 1. The summed E-state index contributed by atoms with van der Waals surface area (Å²) in [4.78, 5) is 16.5. The minimum Gasteiger partial charge on any atom is -0.338 e. The number of aromatic amines is 1. The first kappa shape index (κ1) is 18.2. The van der Waals surface area contributed by atoms with Crippen LogP contribution in [0.2, 0.25) is 0 Å². The molecular weight excluding hydrogens is 374 g/mol. The Morgan fingerprint density at radius 2 is 1.71 bits per heavy atom. The second kappa shape index (κ2) is 8.71. The smallest absolute Gasteiger partial charge is 0.338 e. The zero-order chi connectivity index (χ0) is 19.2. The highest BCUT2D eigenvalue weighted by Gasteiger charge is 2.13. The second-order valence-electron chi connectivity index (χ2n) is 6.25. The largest absolute Gasteiger partial charge is 0.343 e. The van der Waals surface area contributed by atoms with Crippen molar-refractivity contribution in [2.75, 3.05) is 0 Å². The Bertz CT molecular complexity index is 1070. The van der Waals surface area contributed by atoms with Crippen LogP contribution in [0.4, 0.5) is 0 Å². The summed E-state index contributed by atoms with van der Waals surface area (Å²) in [5, 5.41) is 11.3. The Hall–Kier alpha value is -3.13. The molecule has 0 aliphatic carbocycles. The van der Waals surface area contributed by atoms with Crippen molar-refractivity contribution in [1.82, 2.24) is 24.9 Å². The van der Waals surface area contributed by atoms with E-state index in [1.807, 2.05) is 60.7 Å². The van der Waals surface area contributed by atoms with Crippen molar-refractivity contribution in [3.05, 3.63) is 94.0 Å². The summed E-state index contributed by atoms with van der Waals surface area (Å²) in [6, 6.07) is 20.1. The molecule has 0 saturated heterocycles. The number of thioether (sulfide) groups is 1. The summed E-state index contributed by atoms with van der Waals surface area (Å²) in [5.74, 6) is 1.61. The molecule has 0 aliphatic heterocycles. The van der Waals surface area contributed by atoms with Crippen molar-refractivity contribution >= 4 is 11.8 Å². The highest BCUT2D eigenvalue weighted by Crippen LogP contribution is 2.19. The van der Waals surface area contributed by atoms with E-state index in [0.717, 1.165) is 12.0 Å². The predicted octanol–water partition coefficient (Wildman–Crippen LogP) is 3.08. The van der Waals surface area contributed by atoms with Gasteiger partial charge in [0.1, 0.15) is 0 Å². The standard InChI is InChI=1S/C20H19N5O2S/c26-19-22-23-20(25(19)12-11-15-7-3-1-4-8-15)28-14-18-21-17(24-27-18)13-16-9-5-2-6-10-16/h1-10H,11-14H2,(H,22,26). The van der Waals surface area contributed by atoms with Gasteiger partial charge in [0.2, 0.25) is 5.89 Å². The van der Waals surface area contributed by atoms with Crippen LogP contribution >= 0.6 is 11.8 Å². The maximum atomic E-state index is 12.1. The van der Waals surface area contributed by atoms with Gasteiger partial charge in [0.25, 0.3) is 0 Å². The van der Waals surface area contributed by atoms with E-state index in [2.05, 4.69) is 20.3 Å². The molecule has 2 aromatic carbocycles. The van der Waals surface area contributed by atoms with Crippen molar-refractivity contribution < 1.29 is 4.52 Å². The lowest BCUT2D eigenvalue weighted by Gasteiger charge is -2.04. The summed E-state index contributed by atoms with van der Waals surface area (Å²) in [6.07, 6.45) is 1.38. The zero-order valence-electron chi connectivity index (χ0n) is 15.1. The summed E-state index contributed by atoms with van der Waals surface area (Å²) >= 11 is 1.40. The van der Waals surface area contributed by atoms with Gasteiger partial charge in [-0.1, -0.05) is 77.6 Å². The molecule has 2 aromatic heterocycles. The Morgan fingerprint density at radius 3 is 2.46 bits per heavy atom. The summed E-state index contributed by atoms with van der Waals surface area (Å²) in [5.41, 5.74) is 2.09. The number of hydrogen-bond acceptors (Lipinski definition) is 6. The molecule has 0 unspecified atom stereocenters. The molecule has 0 spiro atoms. The van der Waals surface area contributed by atoms with Gasteiger partial charge in [0.15, 0.2) is 11.0 Å². The van der Waals surface area contributed by atoms with Crippen LogP contribution in [0.1, 0.15) is 22.8 Å². The van der Waals surface area contributed by atoms with Gasteiger partial charge in [-0.05, 0) is 17.5 Å². The number of nitrogens with zero attached hydrogens (tertiary/aromatic N) is 4. The quantitative estimate of drug-likeness (QED) is 0.463. The van der Waals surface area contributed by atoms with Gasteiger partial charge in [0, 0.05) is 13.0 Å². The van der Waals surface area contributed by atoms with Crippen molar-refractivity contribution in [2.24, 2.45) is 0 Å². The lowest BCUT2D eigenvalue weighted by Crippen LogP contribution is -2.18. The average molecular weight is 393 g/mol. The van der Waals surface area contributed by atoms with Crippen LogP contribution in [-0.2, 0) is 25.1 Å². The molecule has 0 saturated carbocycles. The molecule has 0 bridgehead atoms.